The normalized spacial score (nSPS) is 15.6. The van der Waals surface area contributed by atoms with Crippen molar-refractivity contribution in [3.05, 3.63) is 75.8 Å². The van der Waals surface area contributed by atoms with Gasteiger partial charge in [-0.3, -0.25) is 9.59 Å². The van der Waals surface area contributed by atoms with Crippen LogP contribution in [0.2, 0.25) is 0 Å². The smallest absolute Gasteiger partial charge is 0.410 e. The first-order valence-corrected chi connectivity index (χ1v) is 13.6. The number of carbonyl (C=O) groups excluding carboxylic acids is 2. The van der Waals surface area contributed by atoms with E-state index in [2.05, 4.69) is 44.8 Å². The molecule has 1 aliphatic rings. The van der Waals surface area contributed by atoms with Gasteiger partial charge in [-0.15, -0.1) is 0 Å². The molecule has 3 N–H and O–H groups in total. The average molecular weight is 599 g/mol. The molecule has 39 heavy (non-hydrogen) atoms. The van der Waals surface area contributed by atoms with Gasteiger partial charge in [0.25, 0.3) is 12.4 Å². The maximum Gasteiger partial charge on any atom is 0.410 e. The van der Waals surface area contributed by atoms with E-state index in [-0.39, 0.29) is 30.6 Å². The summed E-state index contributed by atoms with van der Waals surface area (Å²) in [6, 6.07) is 18.0. The van der Waals surface area contributed by atoms with E-state index in [1.807, 2.05) is 71.0 Å². The number of anilines is 1. The van der Waals surface area contributed by atoms with Gasteiger partial charge in [0.15, 0.2) is 0 Å². The number of nitrogens with zero attached hydrogens (tertiary/aromatic N) is 1. The number of halogens is 1. The lowest BCUT2D eigenvalue weighted by Crippen LogP contribution is -2.36. The van der Waals surface area contributed by atoms with Crippen LogP contribution in [0.15, 0.2) is 59.1 Å². The summed E-state index contributed by atoms with van der Waals surface area (Å²) in [4.78, 5) is 35.8. The van der Waals surface area contributed by atoms with E-state index in [1.165, 1.54) is 0 Å². The number of nitrogens with one attached hydrogen (secondary N) is 2. The van der Waals surface area contributed by atoms with Gasteiger partial charge < -0.3 is 25.4 Å². The van der Waals surface area contributed by atoms with Crippen molar-refractivity contribution in [2.24, 2.45) is 0 Å². The van der Waals surface area contributed by atoms with Crippen LogP contribution in [0.4, 0.5) is 10.5 Å². The molecule has 3 aromatic carbocycles. The van der Waals surface area contributed by atoms with Crippen molar-refractivity contribution in [1.82, 2.24) is 10.2 Å². The minimum atomic E-state index is -0.512. The fourth-order valence-corrected chi connectivity index (χ4v) is 5.06. The molecule has 1 heterocycles. The van der Waals surface area contributed by atoms with E-state index in [0.29, 0.717) is 18.7 Å². The summed E-state index contributed by atoms with van der Waals surface area (Å²) in [6.07, 6.45) is 0.535. The minimum absolute atomic E-state index is 0.101. The molecule has 9 heteroatoms. The highest BCUT2D eigenvalue weighted by Gasteiger charge is 2.30. The molecule has 0 aliphatic carbocycles. The van der Waals surface area contributed by atoms with E-state index >= 15 is 0 Å². The first-order chi connectivity index (χ1) is 18.4. The van der Waals surface area contributed by atoms with E-state index < -0.39 is 5.60 Å². The fraction of sp³-hybridized carbons (Fsp3) is 0.367. The number of amides is 2. The zero-order valence-electron chi connectivity index (χ0n) is 23.0. The Balaban J connectivity index is 0.00000134. The molecule has 1 saturated heterocycles. The third-order valence-electron chi connectivity index (χ3n) is 6.41. The molecule has 0 spiro atoms. The molecular formula is C30H36BrN3O5. The van der Waals surface area contributed by atoms with Gasteiger partial charge in [-0.25, -0.2) is 4.79 Å². The van der Waals surface area contributed by atoms with Gasteiger partial charge in [-0.2, -0.15) is 0 Å². The fourth-order valence-electron chi connectivity index (χ4n) is 4.58. The third-order valence-corrected chi connectivity index (χ3v) is 7.10. The van der Waals surface area contributed by atoms with Crippen LogP contribution in [0.25, 0.3) is 10.8 Å². The predicted molar refractivity (Wildman–Crippen MR) is 157 cm³/mol. The molecule has 2 amide bonds. The first kappa shape index (κ1) is 30.0. The number of aryl methyl sites for hydroxylation is 1. The Morgan fingerprint density at radius 3 is 2.46 bits per heavy atom. The maximum absolute atomic E-state index is 13.3. The van der Waals surface area contributed by atoms with Crippen LogP contribution in [0, 0.1) is 6.92 Å². The molecule has 8 nitrogen and oxygen atoms in total. The lowest BCUT2D eigenvalue weighted by Gasteiger charge is -2.24. The van der Waals surface area contributed by atoms with Crippen LogP contribution < -0.4 is 10.6 Å². The summed E-state index contributed by atoms with van der Waals surface area (Å²) >= 11 is 3.62. The van der Waals surface area contributed by atoms with Gasteiger partial charge in [0.2, 0.25) is 0 Å². The summed E-state index contributed by atoms with van der Waals surface area (Å²) in [5.41, 5.74) is 2.97. The second kappa shape index (κ2) is 13.0. The van der Waals surface area contributed by atoms with Crippen molar-refractivity contribution in [3.8, 4) is 0 Å². The molecule has 1 unspecified atom stereocenters. The Morgan fingerprint density at radius 2 is 1.79 bits per heavy atom. The zero-order chi connectivity index (χ0) is 28.7. The highest BCUT2D eigenvalue weighted by molar-refractivity contribution is 9.10. The molecule has 1 aliphatic heterocycles. The topological polar surface area (TPSA) is 108 Å². The average Bonchev–Trinajstić information content (AvgIpc) is 3.34. The van der Waals surface area contributed by atoms with Crippen molar-refractivity contribution < 1.29 is 24.2 Å². The highest BCUT2D eigenvalue weighted by atomic mass is 79.9. The lowest BCUT2D eigenvalue weighted by atomic mass is 9.99. The summed E-state index contributed by atoms with van der Waals surface area (Å²) in [5, 5.41) is 15.8. The van der Waals surface area contributed by atoms with Crippen molar-refractivity contribution >= 4 is 50.9 Å². The molecule has 0 radical (unpaired) electrons. The van der Waals surface area contributed by atoms with Crippen LogP contribution in [-0.4, -0.2) is 53.2 Å². The molecule has 1 fully saturated rings. The van der Waals surface area contributed by atoms with E-state index in [4.69, 9.17) is 14.6 Å². The Hall–Kier alpha value is -3.59. The van der Waals surface area contributed by atoms with Crippen molar-refractivity contribution in [1.29, 1.82) is 0 Å². The molecule has 0 aromatic heterocycles. The summed E-state index contributed by atoms with van der Waals surface area (Å²) < 4.78 is 6.53. The number of hydrogen-bond acceptors (Lipinski definition) is 5. The number of hydrogen-bond donors (Lipinski definition) is 3. The first-order valence-electron chi connectivity index (χ1n) is 12.8. The number of likely N-dealkylation sites (tertiary alicyclic amines) is 1. The van der Waals surface area contributed by atoms with Crippen LogP contribution in [0.3, 0.4) is 0 Å². The largest absolute Gasteiger partial charge is 0.483 e. The van der Waals surface area contributed by atoms with E-state index in [0.717, 1.165) is 38.5 Å². The van der Waals surface area contributed by atoms with Gasteiger partial charge in [0.05, 0.1) is 6.04 Å². The Labute approximate surface area is 237 Å². The number of fused-ring (bicyclic) bond motifs is 1. The van der Waals surface area contributed by atoms with Crippen molar-refractivity contribution in [2.75, 3.05) is 18.4 Å². The standard InChI is InChI=1S/C29H34BrN3O3.CH2O2/c1-18-10-11-20(32-21-14-15-33(17-21)28(35)36-29(3,4)5)16-25(18)27(34)31-19(2)22-12-13-26(30)24-9-7-6-8-23(22)24;2-1-3/h6-13,16,19,21,32H,14-15,17H2,1-5H3,(H,31,34);1H,(H,2,3)/t19?,21-;/m1./s1. The molecule has 0 saturated carbocycles. The number of carboxylic acid groups (broad SMARTS) is 1. The lowest BCUT2D eigenvalue weighted by molar-refractivity contribution is -0.122. The minimum Gasteiger partial charge on any atom is -0.483 e. The number of carbonyl (C=O) groups is 3. The van der Waals surface area contributed by atoms with E-state index in [1.54, 1.807) is 4.90 Å². The van der Waals surface area contributed by atoms with E-state index in [9.17, 15) is 9.59 Å². The van der Waals surface area contributed by atoms with Gasteiger partial charge in [-0.1, -0.05) is 52.3 Å². The number of ether oxygens (including phenoxy) is 1. The van der Waals surface area contributed by atoms with Crippen molar-refractivity contribution in [3.63, 3.8) is 0 Å². The molecule has 2 atom stereocenters. The molecule has 0 bridgehead atoms. The Bertz CT molecular complexity index is 1340. The molecule has 208 valence electrons. The number of benzene rings is 3. The summed E-state index contributed by atoms with van der Waals surface area (Å²) in [6.45, 7) is 10.5. The van der Waals surface area contributed by atoms with Gasteiger partial charge >= 0.3 is 6.09 Å². The number of rotatable bonds is 5. The zero-order valence-corrected chi connectivity index (χ0v) is 24.5. The molecule has 3 aromatic rings. The van der Waals surface area contributed by atoms with Crippen LogP contribution in [-0.2, 0) is 9.53 Å². The third kappa shape index (κ3) is 7.95. The van der Waals surface area contributed by atoms with Crippen LogP contribution in [0.1, 0.15) is 61.6 Å². The van der Waals surface area contributed by atoms with Crippen LogP contribution >= 0.6 is 15.9 Å². The van der Waals surface area contributed by atoms with Gasteiger partial charge in [0.1, 0.15) is 5.60 Å². The molecule has 4 rings (SSSR count). The van der Waals surface area contributed by atoms with Gasteiger partial charge in [-0.05, 0) is 81.1 Å². The second-order valence-corrected chi connectivity index (χ2v) is 11.4. The van der Waals surface area contributed by atoms with Crippen LogP contribution in [0.5, 0.6) is 0 Å². The monoisotopic (exact) mass is 597 g/mol. The maximum atomic E-state index is 13.3. The summed E-state index contributed by atoms with van der Waals surface area (Å²) in [5.74, 6) is -0.113. The second-order valence-electron chi connectivity index (χ2n) is 10.6. The SMILES string of the molecule is Cc1ccc(N[C@@H]2CCN(C(=O)OC(C)(C)C)C2)cc1C(=O)NC(C)c1ccc(Br)c2ccccc12.O=CO. The Morgan fingerprint density at radius 1 is 1.13 bits per heavy atom. The molecular weight excluding hydrogens is 562 g/mol. The van der Waals surface area contributed by atoms with Gasteiger partial charge in [0, 0.05) is 34.9 Å². The quantitative estimate of drug-likeness (QED) is 0.289. The summed E-state index contributed by atoms with van der Waals surface area (Å²) in [7, 11) is 0. The Kier molecular flexibility index (Phi) is 9.97. The predicted octanol–water partition coefficient (Wildman–Crippen LogP) is 6.52. The van der Waals surface area contributed by atoms with Crippen molar-refractivity contribution in [2.45, 2.75) is 58.7 Å². The highest BCUT2D eigenvalue weighted by Crippen LogP contribution is 2.30.